The van der Waals surface area contributed by atoms with Gasteiger partial charge >= 0.3 is 0 Å². The van der Waals surface area contributed by atoms with E-state index in [-0.39, 0.29) is 0 Å². The molecule has 0 aromatic rings. The van der Waals surface area contributed by atoms with Gasteiger partial charge in [0.1, 0.15) is 5.78 Å². The maximum Gasteiger partial charge on any atom is 0.139 e. The molecule has 0 heterocycles. The molecule has 18 heavy (non-hydrogen) atoms. The summed E-state index contributed by atoms with van der Waals surface area (Å²) in [4.78, 5) is 12.7. The van der Waals surface area contributed by atoms with Crippen LogP contribution in [0.2, 0.25) is 0 Å². The van der Waals surface area contributed by atoms with E-state index in [1.165, 1.54) is 77.0 Å². The molecule has 2 rings (SSSR count). The highest BCUT2D eigenvalue weighted by Crippen LogP contribution is 2.35. The Morgan fingerprint density at radius 2 is 1.44 bits per heavy atom. The number of hydrogen-bond acceptors (Lipinski definition) is 1. The van der Waals surface area contributed by atoms with Crippen molar-refractivity contribution in [1.82, 2.24) is 0 Å². The molecule has 0 aliphatic heterocycles. The van der Waals surface area contributed by atoms with Gasteiger partial charge in [0.25, 0.3) is 0 Å². The molecule has 2 unspecified atom stereocenters. The molecular weight excluding hydrogens is 220 g/mol. The van der Waals surface area contributed by atoms with Crippen LogP contribution in [0.5, 0.6) is 0 Å². The van der Waals surface area contributed by atoms with Crippen LogP contribution >= 0.6 is 0 Å². The van der Waals surface area contributed by atoms with Gasteiger partial charge in [0.15, 0.2) is 0 Å². The molecule has 2 atom stereocenters. The summed E-state index contributed by atoms with van der Waals surface area (Å²) >= 11 is 0. The number of ketones is 1. The molecule has 2 aliphatic rings. The molecule has 0 amide bonds. The van der Waals surface area contributed by atoms with Gasteiger partial charge in [0, 0.05) is 11.8 Å². The van der Waals surface area contributed by atoms with Gasteiger partial charge in [-0.2, -0.15) is 0 Å². The lowest BCUT2D eigenvalue weighted by molar-refractivity contribution is -0.129. The minimum absolute atomic E-state index is 0.422. The molecule has 0 N–H and O–H groups in total. The first kappa shape index (κ1) is 14.1. The molecule has 1 heteroatoms. The molecule has 0 spiro atoms. The fraction of sp³-hybridized carbons (Fsp3) is 0.941. The maximum absolute atomic E-state index is 12.7. The van der Waals surface area contributed by atoms with E-state index >= 15 is 0 Å². The van der Waals surface area contributed by atoms with Crippen LogP contribution in [0.3, 0.4) is 0 Å². The summed E-state index contributed by atoms with van der Waals surface area (Å²) in [7, 11) is 0. The lowest BCUT2D eigenvalue weighted by Gasteiger charge is -2.30. The quantitative estimate of drug-likeness (QED) is 0.678. The van der Waals surface area contributed by atoms with E-state index in [0.29, 0.717) is 17.6 Å². The molecule has 0 aromatic carbocycles. The van der Waals surface area contributed by atoms with Gasteiger partial charge in [0.2, 0.25) is 0 Å². The third-order valence-electron chi connectivity index (χ3n) is 5.27. The van der Waals surface area contributed by atoms with Crippen molar-refractivity contribution in [2.75, 3.05) is 0 Å². The van der Waals surface area contributed by atoms with Crippen LogP contribution in [-0.4, -0.2) is 5.78 Å². The molecule has 0 bridgehead atoms. The van der Waals surface area contributed by atoms with E-state index < -0.39 is 0 Å². The number of Topliss-reactive ketones (excluding diaryl/α,β-unsaturated/α-hetero) is 1. The van der Waals surface area contributed by atoms with E-state index in [1.807, 2.05) is 0 Å². The largest absolute Gasteiger partial charge is 0.299 e. The summed E-state index contributed by atoms with van der Waals surface area (Å²) in [6, 6.07) is 0. The van der Waals surface area contributed by atoms with Crippen molar-refractivity contribution in [3.8, 4) is 0 Å². The molecule has 2 aliphatic carbocycles. The molecule has 104 valence electrons. The van der Waals surface area contributed by atoms with Crippen molar-refractivity contribution >= 4 is 5.78 Å². The van der Waals surface area contributed by atoms with Crippen molar-refractivity contribution in [1.29, 1.82) is 0 Å². The number of carbonyl (C=O) groups excluding carboxylic acids is 1. The Labute approximate surface area is 113 Å². The van der Waals surface area contributed by atoms with Gasteiger partial charge in [-0.3, -0.25) is 4.79 Å². The topological polar surface area (TPSA) is 17.1 Å². The average molecular weight is 250 g/mol. The Hall–Kier alpha value is -0.330. The van der Waals surface area contributed by atoms with Crippen molar-refractivity contribution in [3.05, 3.63) is 0 Å². The molecular formula is C17H30O. The first-order chi connectivity index (χ1) is 8.81. The molecule has 2 saturated carbocycles. The SMILES string of the molecule is CCC1CCCC(C(=O)C2CCCCCCC2)C1. The van der Waals surface area contributed by atoms with Gasteiger partial charge in [0.05, 0.1) is 0 Å². The first-order valence-electron chi connectivity index (χ1n) is 8.35. The lowest BCUT2D eigenvalue weighted by atomic mass is 9.73. The Morgan fingerprint density at radius 1 is 0.833 bits per heavy atom. The third-order valence-corrected chi connectivity index (χ3v) is 5.27. The lowest BCUT2D eigenvalue weighted by Crippen LogP contribution is -2.28. The Balaban J connectivity index is 1.87. The standard InChI is InChI=1S/C17H30O/c1-2-14-9-8-12-16(13-14)17(18)15-10-6-4-3-5-7-11-15/h14-16H,2-13H2,1H3. The number of hydrogen-bond donors (Lipinski definition) is 0. The zero-order chi connectivity index (χ0) is 12.8. The van der Waals surface area contributed by atoms with E-state index in [2.05, 4.69) is 6.92 Å². The zero-order valence-corrected chi connectivity index (χ0v) is 12.1. The van der Waals surface area contributed by atoms with Crippen molar-refractivity contribution in [2.24, 2.45) is 17.8 Å². The van der Waals surface area contributed by atoms with Gasteiger partial charge in [-0.1, -0.05) is 58.3 Å². The summed E-state index contributed by atoms with van der Waals surface area (Å²) in [6.07, 6.45) is 15.4. The number of rotatable bonds is 3. The van der Waals surface area contributed by atoms with Crippen LogP contribution in [-0.2, 0) is 4.79 Å². The third kappa shape index (κ3) is 3.83. The molecule has 1 nitrogen and oxygen atoms in total. The molecule has 2 fully saturated rings. The van der Waals surface area contributed by atoms with Gasteiger partial charge in [-0.15, -0.1) is 0 Å². The first-order valence-corrected chi connectivity index (χ1v) is 8.35. The van der Waals surface area contributed by atoms with Gasteiger partial charge < -0.3 is 0 Å². The fourth-order valence-electron chi connectivity index (χ4n) is 3.99. The van der Waals surface area contributed by atoms with Crippen LogP contribution in [0.1, 0.15) is 84.0 Å². The minimum atomic E-state index is 0.422. The van der Waals surface area contributed by atoms with Crippen molar-refractivity contribution < 1.29 is 4.79 Å². The Bertz CT molecular complexity index is 246. The van der Waals surface area contributed by atoms with Crippen molar-refractivity contribution in [3.63, 3.8) is 0 Å². The smallest absolute Gasteiger partial charge is 0.139 e. The normalized spacial score (nSPS) is 31.6. The highest BCUT2D eigenvalue weighted by molar-refractivity contribution is 5.83. The summed E-state index contributed by atoms with van der Waals surface area (Å²) in [5, 5.41) is 0. The Morgan fingerprint density at radius 3 is 2.11 bits per heavy atom. The highest BCUT2D eigenvalue weighted by atomic mass is 16.1. The van der Waals surface area contributed by atoms with Crippen LogP contribution < -0.4 is 0 Å². The summed E-state index contributed by atoms with van der Waals surface area (Å²) in [6.45, 7) is 2.29. The molecule has 0 aromatic heterocycles. The molecule has 0 saturated heterocycles. The van der Waals surface area contributed by atoms with Gasteiger partial charge in [-0.05, 0) is 31.6 Å². The second-order valence-corrected chi connectivity index (χ2v) is 6.58. The Kier molecular flexibility index (Phi) is 5.72. The average Bonchev–Trinajstić information content (AvgIpc) is 2.38. The highest BCUT2D eigenvalue weighted by Gasteiger charge is 2.30. The fourth-order valence-corrected chi connectivity index (χ4v) is 3.99. The predicted octanol–water partition coefficient (Wildman–Crippen LogP) is 5.13. The number of carbonyl (C=O) groups is 1. The van der Waals surface area contributed by atoms with Gasteiger partial charge in [-0.25, -0.2) is 0 Å². The second-order valence-electron chi connectivity index (χ2n) is 6.58. The van der Waals surface area contributed by atoms with E-state index in [4.69, 9.17) is 0 Å². The van der Waals surface area contributed by atoms with Crippen LogP contribution in [0, 0.1) is 17.8 Å². The predicted molar refractivity (Wildman–Crippen MR) is 76.6 cm³/mol. The second kappa shape index (κ2) is 7.31. The minimum Gasteiger partial charge on any atom is -0.299 e. The van der Waals surface area contributed by atoms with Crippen molar-refractivity contribution in [2.45, 2.75) is 84.0 Å². The van der Waals surface area contributed by atoms with Crippen LogP contribution in [0.15, 0.2) is 0 Å². The summed E-state index contributed by atoms with van der Waals surface area (Å²) in [5.74, 6) is 2.33. The maximum atomic E-state index is 12.7. The van der Waals surface area contributed by atoms with E-state index in [0.717, 1.165) is 5.92 Å². The van der Waals surface area contributed by atoms with E-state index in [1.54, 1.807) is 0 Å². The van der Waals surface area contributed by atoms with Crippen LogP contribution in [0.4, 0.5) is 0 Å². The van der Waals surface area contributed by atoms with E-state index in [9.17, 15) is 4.79 Å². The summed E-state index contributed by atoms with van der Waals surface area (Å²) < 4.78 is 0. The zero-order valence-electron chi connectivity index (χ0n) is 12.1. The summed E-state index contributed by atoms with van der Waals surface area (Å²) in [5.41, 5.74) is 0. The monoisotopic (exact) mass is 250 g/mol. The van der Waals surface area contributed by atoms with Crippen LogP contribution in [0.25, 0.3) is 0 Å². The molecule has 0 radical (unpaired) electrons.